The fourth-order valence-electron chi connectivity index (χ4n) is 1.88. The summed E-state index contributed by atoms with van der Waals surface area (Å²) in [5.41, 5.74) is 1.07. The summed E-state index contributed by atoms with van der Waals surface area (Å²) in [7, 11) is 3.22. The summed E-state index contributed by atoms with van der Waals surface area (Å²) in [6.07, 6.45) is 1.64. The van der Waals surface area contributed by atoms with Crippen LogP contribution in [0, 0.1) is 5.92 Å². The van der Waals surface area contributed by atoms with Crippen molar-refractivity contribution >= 4 is 5.91 Å². The fourth-order valence-corrected chi connectivity index (χ4v) is 1.88. The van der Waals surface area contributed by atoms with E-state index in [0.29, 0.717) is 17.9 Å². The SMILES string of the molecule is CCCNC(=O)C(C)Cc1ccc(OC)c(OC)c1. The molecule has 0 aliphatic carbocycles. The van der Waals surface area contributed by atoms with Crippen LogP contribution in [-0.2, 0) is 11.2 Å². The van der Waals surface area contributed by atoms with E-state index in [1.54, 1.807) is 14.2 Å². The van der Waals surface area contributed by atoms with Gasteiger partial charge in [0.05, 0.1) is 14.2 Å². The molecule has 0 saturated heterocycles. The Morgan fingerprint density at radius 3 is 2.53 bits per heavy atom. The predicted octanol–water partition coefficient (Wildman–Crippen LogP) is 2.41. The van der Waals surface area contributed by atoms with E-state index in [1.165, 1.54) is 0 Å². The van der Waals surface area contributed by atoms with Crippen molar-refractivity contribution in [1.29, 1.82) is 0 Å². The highest BCUT2D eigenvalue weighted by Crippen LogP contribution is 2.28. The van der Waals surface area contributed by atoms with Crippen LogP contribution in [0.4, 0.5) is 0 Å². The molecule has 19 heavy (non-hydrogen) atoms. The number of rotatable bonds is 7. The molecule has 0 bridgehead atoms. The van der Waals surface area contributed by atoms with E-state index in [1.807, 2.05) is 32.0 Å². The normalized spacial score (nSPS) is 11.8. The Morgan fingerprint density at radius 2 is 1.95 bits per heavy atom. The van der Waals surface area contributed by atoms with E-state index in [4.69, 9.17) is 9.47 Å². The molecule has 0 aliphatic heterocycles. The van der Waals surface area contributed by atoms with Crippen molar-refractivity contribution in [3.05, 3.63) is 23.8 Å². The van der Waals surface area contributed by atoms with Crippen molar-refractivity contribution in [3.8, 4) is 11.5 Å². The fraction of sp³-hybridized carbons (Fsp3) is 0.533. The number of hydrogen-bond donors (Lipinski definition) is 1. The molecular formula is C15H23NO3. The molecule has 0 aliphatic rings. The lowest BCUT2D eigenvalue weighted by Crippen LogP contribution is -2.30. The van der Waals surface area contributed by atoms with Crippen LogP contribution in [0.3, 0.4) is 0 Å². The minimum atomic E-state index is -0.0512. The lowest BCUT2D eigenvalue weighted by Gasteiger charge is -2.13. The van der Waals surface area contributed by atoms with E-state index >= 15 is 0 Å². The molecule has 1 N–H and O–H groups in total. The minimum Gasteiger partial charge on any atom is -0.493 e. The molecule has 0 fully saturated rings. The highest BCUT2D eigenvalue weighted by atomic mass is 16.5. The van der Waals surface area contributed by atoms with Crippen molar-refractivity contribution in [2.45, 2.75) is 26.7 Å². The minimum absolute atomic E-state index is 0.0512. The van der Waals surface area contributed by atoms with Crippen molar-refractivity contribution < 1.29 is 14.3 Å². The maximum absolute atomic E-state index is 11.8. The van der Waals surface area contributed by atoms with Crippen LogP contribution >= 0.6 is 0 Å². The molecule has 1 rings (SSSR count). The maximum Gasteiger partial charge on any atom is 0.223 e. The van der Waals surface area contributed by atoms with Crippen molar-refractivity contribution in [2.24, 2.45) is 5.92 Å². The van der Waals surface area contributed by atoms with Gasteiger partial charge in [0.2, 0.25) is 5.91 Å². The lowest BCUT2D eigenvalue weighted by molar-refractivity contribution is -0.124. The summed E-state index contributed by atoms with van der Waals surface area (Å²) >= 11 is 0. The third-order valence-electron chi connectivity index (χ3n) is 2.99. The van der Waals surface area contributed by atoms with Gasteiger partial charge in [0, 0.05) is 12.5 Å². The van der Waals surface area contributed by atoms with Crippen molar-refractivity contribution in [1.82, 2.24) is 5.32 Å². The van der Waals surface area contributed by atoms with Crippen LogP contribution in [0.1, 0.15) is 25.8 Å². The number of benzene rings is 1. The second-order valence-electron chi connectivity index (χ2n) is 4.59. The third-order valence-corrected chi connectivity index (χ3v) is 2.99. The number of ether oxygens (including phenoxy) is 2. The molecule has 4 nitrogen and oxygen atoms in total. The number of amides is 1. The summed E-state index contributed by atoms with van der Waals surface area (Å²) in [4.78, 5) is 11.8. The summed E-state index contributed by atoms with van der Waals surface area (Å²) in [6, 6.07) is 5.75. The van der Waals surface area contributed by atoms with Crippen molar-refractivity contribution in [3.63, 3.8) is 0 Å². The number of methoxy groups -OCH3 is 2. The first kappa shape index (κ1) is 15.3. The van der Waals surface area contributed by atoms with Gasteiger partial charge in [-0.1, -0.05) is 19.9 Å². The Morgan fingerprint density at radius 1 is 1.26 bits per heavy atom. The second-order valence-corrected chi connectivity index (χ2v) is 4.59. The van der Waals surface area contributed by atoms with E-state index < -0.39 is 0 Å². The molecule has 0 aromatic heterocycles. The molecule has 0 radical (unpaired) electrons. The molecule has 106 valence electrons. The van der Waals surface area contributed by atoms with Gasteiger partial charge in [0.25, 0.3) is 0 Å². The highest BCUT2D eigenvalue weighted by Gasteiger charge is 2.14. The molecule has 0 heterocycles. The van der Waals surface area contributed by atoms with Gasteiger partial charge < -0.3 is 14.8 Å². The van der Waals surface area contributed by atoms with E-state index in [0.717, 1.165) is 18.5 Å². The average Bonchev–Trinajstić information content (AvgIpc) is 2.44. The van der Waals surface area contributed by atoms with Gasteiger partial charge in [0.1, 0.15) is 0 Å². The van der Waals surface area contributed by atoms with E-state index in [9.17, 15) is 4.79 Å². The Labute approximate surface area is 115 Å². The summed E-state index contributed by atoms with van der Waals surface area (Å²) < 4.78 is 10.5. The summed E-state index contributed by atoms with van der Waals surface area (Å²) in [6.45, 7) is 4.70. The van der Waals surface area contributed by atoms with Crippen LogP contribution in [0.25, 0.3) is 0 Å². The van der Waals surface area contributed by atoms with Crippen LogP contribution in [0.15, 0.2) is 18.2 Å². The molecule has 4 heteroatoms. The molecule has 0 saturated carbocycles. The molecule has 1 atom stereocenters. The number of carbonyl (C=O) groups is 1. The molecule has 1 amide bonds. The van der Waals surface area contributed by atoms with E-state index in [2.05, 4.69) is 5.32 Å². The summed E-state index contributed by atoms with van der Waals surface area (Å²) in [5.74, 6) is 1.44. The van der Waals surface area contributed by atoms with Gasteiger partial charge >= 0.3 is 0 Å². The quantitative estimate of drug-likeness (QED) is 0.823. The summed E-state index contributed by atoms with van der Waals surface area (Å²) in [5, 5.41) is 2.91. The Hall–Kier alpha value is -1.71. The third kappa shape index (κ3) is 4.47. The maximum atomic E-state index is 11.8. The Bertz CT molecular complexity index is 418. The smallest absolute Gasteiger partial charge is 0.223 e. The molecule has 1 aromatic carbocycles. The molecular weight excluding hydrogens is 242 g/mol. The standard InChI is InChI=1S/C15H23NO3/c1-5-8-16-15(17)11(2)9-12-6-7-13(18-3)14(10-12)19-4/h6-7,10-11H,5,8-9H2,1-4H3,(H,16,17). The van der Waals surface area contributed by atoms with Crippen LogP contribution in [0.5, 0.6) is 11.5 Å². The Balaban J connectivity index is 2.68. The first-order valence-electron chi connectivity index (χ1n) is 6.61. The van der Waals surface area contributed by atoms with Crippen LogP contribution < -0.4 is 14.8 Å². The van der Waals surface area contributed by atoms with Gasteiger partial charge in [-0.3, -0.25) is 4.79 Å². The number of nitrogens with one attached hydrogen (secondary N) is 1. The largest absolute Gasteiger partial charge is 0.493 e. The second kappa shape index (κ2) is 7.67. The monoisotopic (exact) mass is 265 g/mol. The van der Waals surface area contributed by atoms with Crippen LogP contribution in [-0.4, -0.2) is 26.7 Å². The first-order valence-corrected chi connectivity index (χ1v) is 6.61. The first-order chi connectivity index (χ1) is 9.12. The van der Waals surface area contributed by atoms with E-state index in [-0.39, 0.29) is 11.8 Å². The van der Waals surface area contributed by atoms with Crippen molar-refractivity contribution in [2.75, 3.05) is 20.8 Å². The number of hydrogen-bond acceptors (Lipinski definition) is 3. The highest BCUT2D eigenvalue weighted by molar-refractivity contribution is 5.78. The van der Waals surface area contributed by atoms with Gasteiger partial charge in [-0.2, -0.15) is 0 Å². The Kier molecular flexibility index (Phi) is 6.19. The van der Waals surface area contributed by atoms with Gasteiger partial charge in [-0.15, -0.1) is 0 Å². The zero-order valence-corrected chi connectivity index (χ0v) is 12.2. The molecule has 0 spiro atoms. The lowest BCUT2D eigenvalue weighted by atomic mass is 10.00. The topological polar surface area (TPSA) is 47.6 Å². The predicted molar refractivity (Wildman–Crippen MR) is 75.7 cm³/mol. The molecule has 1 aromatic rings. The van der Waals surface area contributed by atoms with Crippen LogP contribution in [0.2, 0.25) is 0 Å². The van der Waals surface area contributed by atoms with Gasteiger partial charge in [0.15, 0.2) is 11.5 Å². The van der Waals surface area contributed by atoms with Gasteiger partial charge in [-0.25, -0.2) is 0 Å². The van der Waals surface area contributed by atoms with Gasteiger partial charge in [-0.05, 0) is 30.5 Å². The molecule has 1 unspecified atom stereocenters. The average molecular weight is 265 g/mol. The zero-order chi connectivity index (χ0) is 14.3. The zero-order valence-electron chi connectivity index (χ0n) is 12.2. The number of carbonyl (C=O) groups excluding carboxylic acids is 1.